The number of hydrogen-bond acceptors (Lipinski definition) is 3. The van der Waals surface area contributed by atoms with Crippen molar-refractivity contribution >= 4 is 6.09 Å². The maximum atomic E-state index is 10.7. The number of aliphatic hydroxyl groups is 1. The number of nitrogens with one attached hydrogen (secondary N) is 1. The van der Waals surface area contributed by atoms with Crippen LogP contribution in [0.15, 0.2) is 30.3 Å². The Balaban J connectivity index is 2.44. The van der Waals surface area contributed by atoms with Crippen LogP contribution in [-0.2, 0) is 11.3 Å². The minimum absolute atomic E-state index is 0.192. The topological polar surface area (TPSA) is 78.8 Å². The summed E-state index contributed by atoms with van der Waals surface area (Å²) >= 11 is 0. The van der Waals surface area contributed by atoms with E-state index in [-0.39, 0.29) is 12.5 Å². The predicted octanol–water partition coefficient (Wildman–Crippen LogP) is 2.49. The first-order chi connectivity index (χ1) is 10.0. The minimum Gasteiger partial charge on any atom is -0.465 e. The number of carboxylic acid groups (broad SMARTS) is 1. The first-order valence-electron chi connectivity index (χ1n) is 7.25. The van der Waals surface area contributed by atoms with E-state index in [1.807, 2.05) is 30.3 Å². The summed E-state index contributed by atoms with van der Waals surface area (Å²) in [7, 11) is 0. The quantitative estimate of drug-likeness (QED) is 0.654. The molecule has 118 valence electrons. The zero-order valence-electron chi connectivity index (χ0n) is 12.7. The van der Waals surface area contributed by atoms with E-state index in [1.165, 1.54) is 0 Å². The summed E-state index contributed by atoms with van der Waals surface area (Å²) in [6, 6.07) is 9.47. The summed E-state index contributed by atoms with van der Waals surface area (Å²) in [5.74, 6) is 0.545. The monoisotopic (exact) mass is 295 g/mol. The molecule has 0 saturated heterocycles. The van der Waals surface area contributed by atoms with Gasteiger partial charge < -0.3 is 20.3 Å². The fraction of sp³-hybridized carbons (Fsp3) is 0.562. The SMILES string of the molecule is CC(C)C(COCc1ccccc1)CC(CO)NC(=O)O. The summed E-state index contributed by atoms with van der Waals surface area (Å²) in [4.78, 5) is 10.7. The molecule has 1 amide bonds. The third-order valence-corrected chi connectivity index (χ3v) is 3.52. The molecule has 0 aliphatic carbocycles. The molecule has 2 atom stereocenters. The van der Waals surface area contributed by atoms with E-state index in [4.69, 9.17) is 9.84 Å². The van der Waals surface area contributed by atoms with Gasteiger partial charge in [0.15, 0.2) is 0 Å². The van der Waals surface area contributed by atoms with Gasteiger partial charge in [-0.05, 0) is 23.8 Å². The van der Waals surface area contributed by atoms with Crippen LogP contribution in [0.2, 0.25) is 0 Å². The van der Waals surface area contributed by atoms with Crippen molar-refractivity contribution in [3.8, 4) is 0 Å². The summed E-state index contributed by atoms with van der Waals surface area (Å²) in [5, 5.41) is 20.3. The van der Waals surface area contributed by atoms with Crippen LogP contribution in [-0.4, -0.2) is 35.6 Å². The number of rotatable bonds is 9. The van der Waals surface area contributed by atoms with Gasteiger partial charge in [0.25, 0.3) is 0 Å². The number of amides is 1. The van der Waals surface area contributed by atoms with E-state index < -0.39 is 12.1 Å². The first-order valence-corrected chi connectivity index (χ1v) is 7.25. The molecule has 5 heteroatoms. The van der Waals surface area contributed by atoms with Crippen LogP contribution in [0.3, 0.4) is 0 Å². The van der Waals surface area contributed by atoms with Crippen molar-refractivity contribution in [3.63, 3.8) is 0 Å². The maximum absolute atomic E-state index is 10.7. The third-order valence-electron chi connectivity index (χ3n) is 3.52. The fourth-order valence-corrected chi connectivity index (χ4v) is 2.15. The van der Waals surface area contributed by atoms with E-state index in [0.717, 1.165) is 5.56 Å². The molecule has 1 aromatic carbocycles. The van der Waals surface area contributed by atoms with Crippen molar-refractivity contribution in [1.82, 2.24) is 5.32 Å². The lowest BCUT2D eigenvalue weighted by Gasteiger charge is -2.25. The second-order valence-electron chi connectivity index (χ2n) is 5.57. The van der Waals surface area contributed by atoms with Gasteiger partial charge in [-0.3, -0.25) is 0 Å². The number of ether oxygens (including phenoxy) is 1. The Hall–Kier alpha value is -1.59. The van der Waals surface area contributed by atoms with E-state index in [2.05, 4.69) is 19.2 Å². The lowest BCUT2D eigenvalue weighted by atomic mass is 9.90. The van der Waals surface area contributed by atoms with Crippen LogP contribution in [0.25, 0.3) is 0 Å². The fourth-order valence-electron chi connectivity index (χ4n) is 2.15. The molecule has 1 rings (SSSR count). The van der Waals surface area contributed by atoms with E-state index >= 15 is 0 Å². The van der Waals surface area contributed by atoms with Crippen molar-refractivity contribution in [2.24, 2.45) is 11.8 Å². The van der Waals surface area contributed by atoms with Crippen molar-refractivity contribution in [3.05, 3.63) is 35.9 Å². The molecule has 0 fully saturated rings. The van der Waals surface area contributed by atoms with Gasteiger partial charge in [-0.25, -0.2) is 4.79 Å². The summed E-state index contributed by atoms with van der Waals surface area (Å²) in [6.07, 6.45) is -0.545. The van der Waals surface area contributed by atoms with Crippen molar-refractivity contribution in [2.75, 3.05) is 13.2 Å². The highest BCUT2D eigenvalue weighted by atomic mass is 16.5. The van der Waals surface area contributed by atoms with Gasteiger partial charge in [0.2, 0.25) is 0 Å². The lowest BCUT2D eigenvalue weighted by molar-refractivity contribution is 0.0595. The van der Waals surface area contributed by atoms with Gasteiger partial charge >= 0.3 is 6.09 Å². The molecule has 0 heterocycles. The molecule has 0 radical (unpaired) electrons. The molecule has 0 aliphatic rings. The molecule has 3 N–H and O–H groups in total. The summed E-state index contributed by atoms with van der Waals surface area (Å²) in [5.41, 5.74) is 1.11. The Kier molecular flexibility index (Phi) is 7.79. The highest BCUT2D eigenvalue weighted by molar-refractivity contribution is 5.64. The average molecular weight is 295 g/mol. The molecular formula is C16H25NO4. The Labute approximate surface area is 125 Å². The Morgan fingerprint density at radius 3 is 2.48 bits per heavy atom. The minimum atomic E-state index is -1.11. The van der Waals surface area contributed by atoms with E-state index in [1.54, 1.807) is 0 Å². The number of benzene rings is 1. The average Bonchev–Trinajstić information content (AvgIpc) is 2.45. The Morgan fingerprint density at radius 2 is 1.95 bits per heavy atom. The molecule has 0 saturated carbocycles. The van der Waals surface area contributed by atoms with Gasteiger partial charge in [0.05, 0.1) is 25.9 Å². The van der Waals surface area contributed by atoms with Gasteiger partial charge in [0.1, 0.15) is 0 Å². The Bertz CT molecular complexity index is 408. The molecule has 2 unspecified atom stereocenters. The zero-order chi connectivity index (χ0) is 15.7. The van der Waals surface area contributed by atoms with Crippen LogP contribution in [0, 0.1) is 11.8 Å². The summed E-state index contributed by atoms with van der Waals surface area (Å²) < 4.78 is 5.74. The van der Waals surface area contributed by atoms with E-state index in [9.17, 15) is 9.90 Å². The molecule has 0 bridgehead atoms. The largest absolute Gasteiger partial charge is 0.465 e. The Morgan fingerprint density at radius 1 is 1.29 bits per heavy atom. The molecule has 0 aromatic heterocycles. The van der Waals surface area contributed by atoms with Crippen LogP contribution in [0.4, 0.5) is 4.79 Å². The third kappa shape index (κ3) is 7.11. The van der Waals surface area contributed by atoms with Crippen molar-refractivity contribution in [1.29, 1.82) is 0 Å². The van der Waals surface area contributed by atoms with Gasteiger partial charge in [0, 0.05) is 0 Å². The van der Waals surface area contributed by atoms with Crippen LogP contribution >= 0.6 is 0 Å². The molecular weight excluding hydrogens is 270 g/mol. The lowest BCUT2D eigenvalue weighted by Crippen LogP contribution is -2.39. The normalized spacial score (nSPS) is 13.9. The van der Waals surface area contributed by atoms with Crippen LogP contribution in [0.1, 0.15) is 25.8 Å². The highest BCUT2D eigenvalue weighted by Crippen LogP contribution is 2.18. The molecule has 21 heavy (non-hydrogen) atoms. The molecule has 1 aromatic rings. The van der Waals surface area contributed by atoms with Crippen molar-refractivity contribution < 1.29 is 19.7 Å². The van der Waals surface area contributed by atoms with Gasteiger partial charge in [-0.1, -0.05) is 44.2 Å². The summed E-state index contributed by atoms with van der Waals surface area (Å²) in [6.45, 7) is 5.04. The standard InChI is InChI=1S/C16H25NO4/c1-12(2)14(8-15(9-18)17-16(19)20)11-21-10-13-6-4-3-5-7-13/h3-7,12,14-15,17-18H,8-11H2,1-2H3,(H,19,20). The van der Waals surface area contributed by atoms with E-state index in [0.29, 0.717) is 25.6 Å². The van der Waals surface area contributed by atoms with Crippen LogP contribution in [0.5, 0.6) is 0 Å². The molecule has 0 aliphatic heterocycles. The molecule has 0 spiro atoms. The molecule has 5 nitrogen and oxygen atoms in total. The van der Waals surface area contributed by atoms with Gasteiger partial charge in [-0.2, -0.15) is 0 Å². The van der Waals surface area contributed by atoms with Crippen molar-refractivity contribution in [2.45, 2.75) is 32.9 Å². The number of carbonyl (C=O) groups is 1. The smallest absolute Gasteiger partial charge is 0.404 e. The predicted molar refractivity (Wildman–Crippen MR) is 81.1 cm³/mol. The van der Waals surface area contributed by atoms with Gasteiger partial charge in [-0.15, -0.1) is 0 Å². The highest BCUT2D eigenvalue weighted by Gasteiger charge is 2.20. The maximum Gasteiger partial charge on any atom is 0.404 e. The second-order valence-corrected chi connectivity index (χ2v) is 5.57. The van der Waals surface area contributed by atoms with Crippen LogP contribution < -0.4 is 5.32 Å². The number of hydrogen-bond donors (Lipinski definition) is 3. The zero-order valence-corrected chi connectivity index (χ0v) is 12.7. The number of aliphatic hydroxyl groups excluding tert-OH is 1. The second kappa shape index (κ2) is 9.37. The first kappa shape index (κ1) is 17.5.